The van der Waals surface area contributed by atoms with Crippen LogP contribution in [0.25, 0.3) is 0 Å². The fourth-order valence-electron chi connectivity index (χ4n) is 5.01. The van der Waals surface area contributed by atoms with Gasteiger partial charge >= 0.3 is 12.0 Å². The van der Waals surface area contributed by atoms with Crippen LogP contribution in [0.5, 0.6) is 11.5 Å². The van der Waals surface area contributed by atoms with E-state index in [0.29, 0.717) is 34.1 Å². The van der Waals surface area contributed by atoms with E-state index in [9.17, 15) is 24.0 Å². The van der Waals surface area contributed by atoms with Gasteiger partial charge in [0.1, 0.15) is 18.0 Å². The normalized spacial score (nSPS) is 11.0. The molecule has 0 aliphatic heterocycles. The Morgan fingerprint density at radius 3 is 2.14 bits per heavy atom. The van der Waals surface area contributed by atoms with Gasteiger partial charge < -0.3 is 39.5 Å². The van der Waals surface area contributed by atoms with Gasteiger partial charge in [-0.25, -0.2) is 4.79 Å². The fraction of sp³-hybridized carbons (Fsp3) is 0.237. The highest BCUT2D eigenvalue weighted by Crippen LogP contribution is 2.27. The van der Waals surface area contributed by atoms with Crippen LogP contribution in [0.1, 0.15) is 18.4 Å². The Labute approximate surface area is 296 Å². The number of ether oxygens (including phenoxy) is 3. The molecule has 51 heavy (non-hydrogen) atoms. The van der Waals surface area contributed by atoms with Gasteiger partial charge in [-0.15, -0.1) is 0 Å². The van der Waals surface area contributed by atoms with E-state index in [0.717, 1.165) is 0 Å². The van der Waals surface area contributed by atoms with E-state index in [1.54, 1.807) is 112 Å². The predicted molar refractivity (Wildman–Crippen MR) is 194 cm³/mol. The lowest BCUT2D eigenvalue weighted by atomic mass is 10.0. The number of methoxy groups -OCH3 is 2. The average molecular weight is 696 g/mol. The maximum atomic E-state index is 13.7. The molecule has 0 aliphatic carbocycles. The number of urea groups is 1. The van der Waals surface area contributed by atoms with Crippen molar-refractivity contribution in [2.75, 3.05) is 68.0 Å². The molecule has 4 aromatic rings. The largest absolute Gasteiger partial charge is 0.495 e. The third kappa shape index (κ3) is 10.1. The molecule has 1 atom stereocenters. The zero-order valence-corrected chi connectivity index (χ0v) is 29.1. The van der Waals surface area contributed by atoms with Crippen molar-refractivity contribution in [3.63, 3.8) is 0 Å². The second-order valence-electron chi connectivity index (χ2n) is 11.4. The summed E-state index contributed by atoms with van der Waals surface area (Å²) in [6.45, 7) is 0.551. The molecule has 13 nitrogen and oxygen atoms in total. The Balaban J connectivity index is 1.48. The van der Waals surface area contributed by atoms with E-state index in [1.165, 1.54) is 35.0 Å². The highest BCUT2D eigenvalue weighted by Gasteiger charge is 2.24. The zero-order chi connectivity index (χ0) is 36.9. The quantitative estimate of drug-likeness (QED) is 0.179. The van der Waals surface area contributed by atoms with Crippen molar-refractivity contribution in [3.8, 4) is 11.5 Å². The third-order valence-corrected chi connectivity index (χ3v) is 8.02. The summed E-state index contributed by atoms with van der Waals surface area (Å²) in [5.74, 6) is -1.49. The number of nitrogens with one attached hydrogen (secondary N) is 2. The molecule has 0 aliphatic rings. The van der Waals surface area contributed by atoms with Crippen LogP contribution in [0.3, 0.4) is 0 Å². The summed E-state index contributed by atoms with van der Waals surface area (Å²) in [7, 11) is 6.03. The van der Waals surface area contributed by atoms with Crippen LogP contribution >= 0.6 is 0 Å². The van der Waals surface area contributed by atoms with Gasteiger partial charge in [0.05, 0.1) is 32.4 Å². The smallest absolute Gasteiger partial charge is 0.319 e. The number of likely N-dealkylation sites (N-methyl/N-ethyl adjacent to an activating group) is 2. The molecule has 0 fully saturated rings. The van der Waals surface area contributed by atoms with Crippen molar-refractivity contribution in [3.05, 3.63) is 109 Å². The van der Waals surface area contributed by atoms with Crippen LogP contribution in [-0.2, 0) is 23.9 Å². The van der Waals surface area contributed by atoms with E-state index in [2.05, 4.69) is 10.6 Å². The summed E-state index contributed by atoms with van der Waals surface area (Å²) in [5.41, 5.74) is 2.55. The molecule has 0 aromatic heterocycles. The molecule has 0 spiro atoms. The first kappa shape index (κ1) is 37.4. The van der Waals surface area contributed by atoms with Crippen molar-refractivity contribution in [1.82, 2.24) is 5.32 Å². The van der Waals surface area contributed by atoms with Crippen LogP contribution < -0.4 is 34.8 Å². The minimum Gasteiger partial charge on any atom is -0.495 e. The second-order valence-corrected chi connectivity index (χ2v) is 11.4. The highest BCUT2D eigenvalue weighted by molar-refractivity contribution is 6.05. The van der Waals surface area contributed by atoms with Crippen molar-refractivity contribution < 1.29 is 38.2 Å². The minimum atomic E-state index is -0.673. The molecule has 0 radical (unpaired) electrons. The molecule has 0 saturated heterocycles. The van der Waals surface area contributed by atoms with Gasteiger partial charge in [-0.1, -0.05) is 48.5 Å². The number of anilines is 4. The molecule has 1 unspecified atom stereocenters. The molecule has 2 N–H and O–H groups in total. The summed E-state index contributed by atoms with van der Waals surface area (Å²) in [5, 5.41) is 5.20. The molecule has 0 heterocycles. The van der Waals surface area contributed by atoms with Crippen LogP contribution in [0.4, 0.5) is 27.5 Å². The summed E-state index contributed by atoms with van der Waals surface area (Å²) in [4.78, 5) is 69.0. The fourth-order valence-corrected chi connectivity index (χ4v) is 5.01. The Morgan fingerprint density at radius 2 is 1.41 bits per heavy atom. The summed E-state index contributed by atoms with van der Waals surface area (Å²) < 4.78 is 16.0. The number of carbonyl (C=O) groups is 5. The Bertz CT molecular complexity index is 1850. The second kappa shape index (κ2) is 17.9. The van der Waals surface area contributed by atoms with Gasteiger partial charge in [0.15, 0.2) is 6.61 Å². The van der Waals surface area contributed by atoms with Gasteiger partial charge in [-0.05, 0) is 61.0 Å². The van der Waals surface area contributed by atoms with E-state index >= 15 is 0 Å². The summed E-state index contributed by atoms with van der Waals surface area (Å²) in [6.07, 6.45) is 0. The van der Waals surface area contributed by atoms with Crippen molar-refractivity contribution in [1.29, 1.82) is 0 Å². The third-order valence-electron chi connectivity index (χ3n) is 8.02. The lowest BCUT2D eigenvalue weighted by Crippen LogP contribution is -2.46. The van der Waals surface area contributed by atoms with Crippen molar-refractivity contribution >= 4 is 52.5 Å². The number of carbonyl (C=O) groups excluding carboxylic acids is 5. The molecule has 13 heteroatoms. The highest BCUT2D eigenvalue weighted by atomic mass is 16.5. The standard InChI is InChI=1S/C38H41N5O8/c1-26(37(47)50-5)27-13-11-14-28(21-27)40-38(48)39-23-34(44)43(24-35(45)41(2)29-15-7-6-8-16-29)30-17-12-18-31(22-30)51-25-36(46)42(3)32-19-9-10-20-33(32)49-4/h6-22,26H,23-25H2,1-5H3,(H2,39,40,48). The van der Waals surface area contributed by atoms with E-state index in [1.807, 2.05) is 6.07 Å². The number of rotatable bonds is 14. The monoisotopic (exact) mass is 695 g/mol. The Morgan fingerprint density at radius 1 is 0.725 bits per heavy atom. The Hall–Kier alpha value is -6.37. The zero-order valence-electron chi connectivity index (χ0n) is 29.1. The molecular formula is C38H41N5O8. The molecule has 4 rings (SSSR count). The number of benzene rings is 4. The maximum Gasteiger partial charge on any atom is 0.319 e. The Kier molecular flexibility index (Phi) is 13.1. The van der Waals surface area contributed by atoms with Gasteiger partial charge in [0, 0.05) is 37.2 Å². The van der Waals surface area contributed by atoms with Gasteiger partial charge in [0.2, 0.25) is 11.8 Å². The van der Waals surface area contributed by atoms with Crippen LogP contribution in [-0.4, -0.2) is 77.7 Å². The van der Waals surface area contributed by atoms with Gasteiger partial charge in [-0.3, -0.25) is 19.2 Å². The first-order valence-electron chi connectivity index (χ1n) is 16.0. The van der Waals surface area contributed by atoms with Gasteiger partial charge in [-0.2, -0.15) is 0 Å². The number of para-hydroxylation sites is 3. The molecule has 266 valence electrons. The number of hydrogen-bond acceptors (Lipinski definition) is 8. The van der Waals surface area contributed by atoms with Crippen LogP contribution in [0.2, 0.25) is 0 Å². The number of amides is 5. The van der Waals surface area contributed by atoms with Crippen molar-refractivity contribution in [2.24, 2.45) is 0 Å². The van der Waals surface area contributed by atoms with Crippen LogP contribution in [0.15, 0.2) is 103 Å². The van der Waals surface area contributed by atoms with Crippen molar-refractivity contribution in [2.45, 2.75) is 12.8 Å². The molecule has 5 amide bonds. The topological polar surface area (TPSA) is 147 Å². The molecular weight excluding hydrogens is 654 g/mol. The molecule has 4 aromatic carbocycles. The summed E-state index contributed by atoms with van der Waals surface area (Å²) >= 11 is 0. The van der Waals surface area contributed by atoms with Crippen LogP contribution in [0, 0.1) is 0 Å². The minimum absolute atomic E-state index is 0.280. The number of esters is 1. The van der Waals surface area contributed by atoms with E-state index in [-0.39, 0.29) is 24.8 Å². The first-order chi connectivity index (χ1) is 24.5. The number of hydrogen-bond donors (Lipinski definition) is 2. The molecule has 0 bridgehead atoms. The lowest BCUT2D eigenvalue weighted by Gasteiger charge is -2.26. The van der Waals surface area contributed by atoms with Gasteiger partial charge in [0.25, 0.3) is 5.91 Å². The maximum absolute atomic E-state index is 13.7. The first-order valence-corrected chi connectivity index (χ1v) is 16.0. The predicted octanol–water partition coefficient (Wildman–Crippen LogP) is 4.83. The van der Waals surface area contributed by atoms with E-state index in [4.69, 9.17) is 14.2 Å². The lowest BCUT2D eigenvalue weighted by molar-refractivity contribution is -0.142. The SMILES string of the molecule is COC(=O)C(C)c1cccc(NC(=O)NCC(=O)N(CC(=O)N(C)c2ccccc2)c2cccc(OCC(=O)N(C)c3ccccc3OC)c2)c1. The molecule has 0 saturated carbocycles. The number of nitrogens with zero attached hydrogens (tertiary/aromatic N) is 3. The average Bonchev–Trinajstić information content (AvgIpc) is 3.17. The summed E-state index contributed by atoms with van der Waals surface area (Å²) in [6, 6.07) is 28.5. The van der Waals surface area contributed by atoms with E-state index < -0.39 is 36.3 Å².